The lowest BCUT2D eigenvalue weighted by atomic mass is 10.2. The minimum absolute atomic E-state index is 0.0257. The average molecular weight is 319 g/mol. The number of nitrogens with zero attached hydrogens (tertiary/aromatic N) is 1. The van der Waals surface area contributed by atoms with Gasteiger partial charge in [0, 0.05) is 5.56 Å². The third-order valence-corrected chi connectivity index (χ3v) is 4.15. The van der Waals surface area contributed by atoms with Gasteiger partial charge in [-0.05, 0) is 38.1 Å². The van der Waals surface area contributed by atoms with Crippen LogP contribution in [0.4, 0.5) is 0 Å². The molecule has 3 nitrogen and oxygen atoms in total. The highest BCUT2D eigenvalue weighted by atomic mass is 16.1. The van der Waals surface area contributed by atoms with Gasteiger partial charge in [-0.15, -0.1) is 0 Å². The fourth-order valence-electron chi connectivity index (χ4n) is 2.67. The summed E-state index contributed by atoms with van der Waals surface area (Å²) in [5, 5.41) is 3.07. The van der Waals surface area contributed by atoms with Gasteiger partial charge in [0.15, 0.2) is 0 Å². The number of carbonyl (C=O) groups is 1. The van der Waals surface area contributed by atoms with E-state index in [2.05, 4.69) is 24.1 Å². The zero-order valence-electron chi connectivity index (χ0n) is 15.0. The molecule has 23 heavy (non-hydrogen) atoms. The Kier molecular flexibility index (Phi) is 11.2. The zero-order chi connectivity index (χ0) is 16.8. The van der Waals surface area contributed by atoms with Crippen LogP contribution in [0, 0.1) is 0 Å². The molecule has 1 rings (SSSR count). The van der Waals surface area contributed by atoms with Gasteiger partial charge >= 0.3 is 0 Å². The Morgan fingerprint density at radius 2 is 1.43 bits per heavy atom. The summed E-state index contributed by atoms with van der Waals surface area (Å²) in [4.78, 5) is 14.6. The number of amides is 1. The van der Waals surface area contributed by atoms with Crippen molar-refractivity contribution in [2.45, 2.75) is 65.2 Å². The topological polar surface area (TPSA) is 32.3 Å². The number of rotatable bonds is 13. The molecule has 0 atom stereocenters. The summed E-state index contributed by atoms with van der Waals surface area (Å²) >= 11 is 0. The molecule has 3 heteroatoms. The molecule has 0 bridgehead atoms. The van der Waals surface area contributed by atoms with Crippen LogP contribution >= 0.6 is 0 Å². The monoisotopic (exact) mass is 318 g/mol. The van der Waals surface area contributed by atoms with Crippen LogP contribution in [0.1, 0.15) is 75.6 Å². The standard InChI is InChI=1S/C20H34N2O/c1-3-5-7-12-16-22(17-13-8-6-4-2)18-21-20(23)19-14-10-9-11-15-19/h9-11,14-15H,3-8,12-13,16-18H2,1-2H3,(H,21,23). The third kappa shape index (κ3) is 9.39. The first kappa shape index (κ1) is 19.7. The van der Waals surface area contributed by atoms with E-state index in [0.29, 0.717) is 6.67 Å². The Morgan fingerprint density at radius 1 is 0.870 bits per heavy atom. The minimum atomic E-state index is 0.0257. The highest BCUT2D eigenvalue weighted by Gasteiger charge is 2.08. The number of nitrogens with one attached hydrogen (secondary N) is 1. The summed E-state index contributed by atoms with van der Waals surface area (Å²) in [7, 11) is 0. The number of hydrogen-bond donors (Lipinski definition) is 1. The zero-order valence-corrected chi connectivity index (χ0v) is 15.0. The van der Waals surface area contributed by atoms with Crippen LogP contribution in [0.3, 0.4) is 0 Å². The van der Waals surface area contributed by atoms with Crippen molar-refractivity contribution in [3.63, 3.8) is 0 Å². The largest absolute Gasteiger partial charge is 0.339 e. The first-order chi connectivity index (χ1) is 11.3. The predicted octanol–water partition coefficient (Wildman–Crippen LogP) is 4.84. The number of benzene rings is 1. The van der Waals surface area contributed by atoms with Gasteiger partial charge in [0.1, 0.15) is 0 Å². The van der Waals surface area contributed by atoms with Gasteiger partial charge in [-0.1, -0.05) is 70.6 Å². The molecule has 0 aliphatic heterocycles. The second-order valence-electron chi connectivity index (χ2n) is 6.27. The maximum Gasteiger partial charge on any atom is 0.252 e. The van der Waals surface area contributed by atoms with E-state index in [1.54, 1.807) is 0 Å². The summed E-state index contributed by atoms with van der Waals surface area (Å²) in [6.45, 7) is 7.31. The van der Waals surface area contributed by atoms with Crippen LogP contribution in [0.5, 0.6) is 0 Å². The summed E-state index contributed by atoms with van der Waals surface area (Å²) in [5.41, 5.74) is 0.740. The van der Waals surface area contributed by atoms with E-state index in [1.807, 2.05) is 30.3 Å². The van der Waals surface area contributed by atoms with Crippen molar-refractivity contribution in [2.75, 3.05) is 19.8 Å². The molecular formula is C20H34N2O. The predicted molar refractivity (Wildman–Crippen MR) is 98.6 cm³/mol. The van der Waals surface area contributed by atoms with Gasteiger partial charge in [0.2, 0.25) is 0 Å². The fraction of sp³-hybridized carbons (Fsp3) is 0.650. The normalized spacial score (nSPS) is 10.9. The lowest BCUT2D eigenvalue weighted by molar-refractivity contribution is 0.0921. The van der Waals surface area contributed by atoms with Crippen LogP contribution in [0.25, 0.3) is 0 Å². The van der Waals surface area contributed by atoms with Crippen molar-refractivity contribution < 1.29 is 4.79 Å². The first-order valence-electron chi connectivity index (χ1n) is 9.33. The molecule has 0 spiro atoms. The van der Waals surface area contributed by atoms with Crippen LogP contribution in [-0.2, 0) is 0 Å². The van der Waals surface area contributed by atoms with E-state index in [-0.39, 0.29) is 5.91 Å². The molecule has 0 saturated carbocycles. The van der Waals surface area contributed by atoms with E-state index >= 15 is 0 Å². The quantitative estimate of drug-likeness (QED) is 0.417. The molecule has 1 aromatic carbocycles. The van der Waals surface area contributed by atoms with E-state index in [0.717, 1.165) is 18.7 Å². The first-order valence-corrected chi connectivity index (χ1v) is 9.33. The summed E-state index contributed by atoms with van der Waals surface area (Å²) < 4.78 is 0. The van der Waals surface area contributed by atoms with Crippen molar-refractivity contribution in [2.24, 2.45) is 0 Å². The number of carbonyl (C=O) groups excluding carboxylic acids is 1. The van der Waals surface area contributed by atoms with E-state index in [4.69, 9.17) is 0 Å². The highest BCUT2D eigenvalue weighted by Crippen LogP contribution is 2.05. The van der Waals surface area contributed by atoms with Gasteiger partial charge in [-0.3, -0.25) is 9.69 Å². The molecular weight excluding hydrogens is 284 g/mol. The molecule has 0 aliphatic carbocycles. The van der Waals surface area contributed by atoms with Crippen molar-refractivity contribution in [3.8, 4) is 0 Å². The Hall–Kier alpha value is -1.35. The minimum Gasteiger partial charge on any atom is -0.339 e. The fourth-order valence-corrected chi connectivity index (χ4v) is 2.67. The van der Waals surface area contributed by atoms with Crippen molar-refractivity contribution in [1.82, 2.24) is 10.2 Å². The Bertz CT molecular complexity index is 393. The van der Waals surface area contributed by atoms with Crippen molar-refractivity contribution in [3.05, 3.63) is 35.9 Å². The van der Waals surface area contributed by atoms with E-state index in [9.17, 15) is 4.79 Å². The Labute approximate surface area is 142 Å². The molecule has 0 radical (unpaired) electrons. The maximum absolute atomic E-state index is 12.2. The molecule has 0 heterocycles. The van der Waals surface area contributed by atoms with Crippen LogP contribution in [0.15, 0.2) is 30.3 Å². The van der Waals surface area contributed by atoms with Gasteiger partial charge < -0.3 is 5.32 Å². The molecule has 0 unspecified atom stereocenters. The van der Waals surface area contributed by atoms with Crippen LogP contribution in [-0.4, -0.2) is 30.6 Å². The van der Waals surface area contributed by atoms with E-state index < -0.39 is 0 Å². The summed E-state index contributed by atoms with van der Waals surface area (Å²) in [6.07, 6.45) is 10.2. The van der Waals surface area contributed by atoms with Gasteiger partial charge in [0.25, 0.3) is 5.91 Å². The lowest BCUT2D eigenvalue weighted by Gasteiger charge is -2.22. The molecule has 1 N–H and O–H groups in total. The Balaban J connectivity index is 2.35. The van der Waals surface area contributed by atoms with Crippen LogP contribution in [0.2, 0.25) is 0 Å². The van der Waals surface area contributed by atoms with Gasteiger partial charge in [0.05, 0.1) is 6.67 Å². The Morgan fingerprint density at radius 3 is 1.96 bits per heavy atom. The van der Waals surface area contributed by atoms with Crippen molar-refractivity contribution in [1.29, 1.82) is 0 Å². The summed E-state index contributed by atoms with van der Waals surface area (Å²) in [5.74, 6) is 0.0257. The highest BCUT2D eigenvalue weighted by molar-refractivity contribution is 5.94. The molecule has 0 aliphatic rings. The van der Waals surface area contributed by atoms with Crippen molar-refractivity contribution >= 4 is 5.91 Å². The second-order valence-corrected chi connectivity index (χ2v) is 6.27. The third-order valence-electron chi connectivity index (χ3n) is 4.15. The summed E-state index contributed by atoms with van der Waals surface area (Å²) in [6, 6.07) is 9.47. The molecule has 1 aromatic rings. The lowest BCUT2D eigenvalue weighted by Crippen LogP contribution is -2.38. The molecule has 0 saturated heterocycles. The molecule has 0 fully saturated rings. The molecule has 1 amide bonds. The SMILES string of the molecule is CCCCCCN(CCCCCC)CNC(=O)c1ccccc1. The van der Waals surface area contributed by atoms with Gasteiger partial charge in [-0.2, -0.15) is 0 Å². The second kappa shape index (κ2) is 13.1. The van der Waals surface area contributed by atoms with E-state index in [1.165, 1.54) is 51.4 Å². The smallest absolute Gasteiger partial charge is 0.252 e. The van der Waals surface area contributed by atoms with Gasteiger partial charge in [-0.25, -0.2) is 0 Å². The number of hydrogen-bond acceptors (Lipinski definition) is 2. The van der Waals surface area contributed by atoms with Crippen LogP contribution < -0.4 is 5.32 Å². The molecule has 0 aromatic heterocycles. The number of unbranched alkanes of at least 4 members (excludes halogenated alkanes) is 6. The average Bonchev–Trinajstić information content (AvgIpc) is 2.60. The maximum atomic E-state index is 12.2. The molecule has 130 valence electrons.